The van der Waals surface area contributed by atoms with Gasteiger partial charge in [0.1, 0.15) is 6.04 Å². The summed E-state index contributed by atoms with van der Waals surface area (Å²) in [6.45, 7) is 4.36. The number of rotatable bonds is 11. The van der Waals surface area contributed by atoms with Crippen molar-refractivity contribution in [2.24, 2.45) is 0 Å². The number of halogens is 1. The Morgan fingerprint density at radius 1 is 0.842 bits per heavy atom. The summed E-state index contributed by atoms with van der Waals surface area (Å²) in [5, 5.41) is 6.07. The Bertz CT molecular complexity index is 1350. The maximum atomic E-state index is 13.9. The van der Waals surface area contributed by atoms with Crippen molar-refractivity contribution in [3.05, 3.63) is 119 Å². The third kappa shape index (κ3) is 7.23. The van der Waals surface area contributed by atoms with Crippen LogP contribution in [0.3, 0.4) is 0 Å². The number of nitrogens with zero attached hydrogens (tertiary/aromatic N) is 1. The molecule has 4 rings (SSSR count). The van der Waals surface area contributed by atoms with Gasteiger partial charge in [-0.2, -0.15) is 0 Å². The van der Waals surface area contributed by atoms with Crippen LogP contribution in [-0.2, 0) is 29.0 Å². The molecule has 196 valence electrons. The second-order valence-electron chi connectivity index (χ2n) is 9.81. The van der Waals surface area contributed by atoms with Crippen LogP contribution in [0.5, 0.6) is 0 Å². The predicted molar refractivity (Wildman–Crippen MR) is 156 cm³/mol. The highest BCUT2D eigenvalue weighted by molar-refractivity contribution is 6.30. The highest BCUT2D eigenvalue weighted by Gasteiger charge is 2.30. The topological polar surface area (TPSA) is 49.4 Å². The zero-order chi connectivity index (χ0) is 26.9. The van der Waals surface area contributed by atoms with Crippen molar-refractivity contribution in [1.29, 1.82) is 0 Å². The minimum absolute atomic E-state index is 0.0175. The lowest BCUT2D eigenvalue weighted by molar-refractivity contribution is -0.141. The van der Waals surface area contributed by atoms with Gasteiger partial charge in [0.25, 0.3) is 0 Å². The summed E-state index contributed by atoms with van der Waals surface area (Å²) in [5.41, 5.74) is 3.08. The minimum atomic E-state index is -0.637. The molecule has 0 aromatic heterocycles. The van der Waals surface area contributed by atoms with Crippen LogP contribution in [0, 0.1) is 0 Å². The summed E-state index contributed by atoms with van der Waals surface area (Å²) >= 11 is 6.12. The van der Waals surface area contributed by atoms with Gasteiger partial charge in [0.2, 0.25) is 11.8 Å². The average Bonchev–Trinajstić information content (AvgIpc) is 2.95. The molecule has 0 fully saturated rings. The summed E-state index contributed by atoms with van der Waals surface area (Å²) in [4.78, 5) is 29.3. The van der Waals surface area contributed by atoms with E-state index in [-0.39, 0.29) is 17.9 Å². The first-order chi connectivity index (χ1) is 18.4. The molecule has 0 saturated heterocycles. The summed E-state index contributed by atoms with van der Waals surface area (Å²) in [7, 11) is 0. The molecule has 0 radical (unpaired) electrons. The summed E-state index contributed by atoms with van der Waals surface area (Å²) < 4.78 is 0. The Morgan fingerprint density at radius 2 is 1.53 bits per heavy atom. The summed E-state index contributed by atoms with van der Waals surface area (Å²) in [6.07, 6.45) is 2.17. The fourth-order valence-electron chi connectivity index (χ4n) is 4.68. The maximum absolute atomic E-state index is 13.9. The van der Waals surface area contributed by atoms with Crippen molar-refractivity contribution in [3.63, 3.8) is 0 Å². The van der Waals surface area contributed by atoms with Gasteiger partial charge in [-0.05, 0) is 59.4 Å². The fraction of sp³-hybridized carbons (Fsp3) is 0.273. The quantitative estimate of drug-likeness (QED) is 0.229. The molecule has 0 spiro atoms. The number of hydrogen-bond donors (Lipinski definition) is 1. The molecule has 0 aliphatic carbocycles. The van der Waals surface area contributed by atoms with Crippen molar-refractivity contribution >= 4 is 34.2 Å². The first kappa shape index (κ1) is 27.4. The molecule has 0 aliphatic rings. The monoisotopic (exact) mass is 526 g/mol. The Hall–Kier alpha value is -3.63. The number of aryl methyl sites for hydroxylation is 1. The van der Waals surface area contributed by atoms with E-state index >= 15 is 0 Å². The lowest BCUT2D eigenvalue weighted by Crippen LogP contribution is -2.52. The van der Waals surface area contributed by atoms with E-state index in [1.165, 1.54) is 0 Å². The van der Waals surface area contributed by atoms with E-state index in [2.05, 4.69) is 29.6 Å². The van der Waals surface area contributed by atoms with Crippen molar-refractivity contribution in [2.75, 3.05) is 0 Å². The number of benzene rings is 4. The molecule has 2 atom stereocenters. The van der Waals surface area contributed by atoms with E-state index in [0.29, 0.717) is 30.8 Å². The van der Waals surface area contributed by atoms with Gasteiger partial charge >= 0.3 is 0 Å². The van der Waals surface area contributed by atoms with E-state index < -0.39 is 6.04 Å². The molecule has 0 bridgehead atoms. The molecule has 4 aromatic carbocycles. The van der Waals surface area contributed by atoms with Crippen LogP contribution in [0.2, 0.25) is 5.02 Å². The van der Waals surface area contributed by atoms with Crippen LogP contribution in [-0.4, -0.2) is 28.8 Å². The molecule has 5 heteroatoms. The second kappa shape index (κ2) is 13.3. The first-order valence-electron chi connectivity index (χ1n) is 13.3. The summed E-state index contributed by atoms with van der Waals surface area (Å²) in [5.74, 6) is -0.177. The molecular weight excluding hydrogens is 492 g/mol. The van der Waals surface area contributed by atoms with Crippen molar-refractivity contribution in [2.45, 2.75) is 58.2 Å². The van der Waals surface area contributed by atoms with Gasteiger partial charge in [-0.15, -0.1) is 0 Å². The first-order valence-corrected chi connectivity index (χ1v) is 13.7. The molecule has 0 unspecified atom stereocenters. The third-order valence-corrected chi connectivity index (χ3v) is 7.28. The molecule has 2 amide bonds. The molecule has 4 aromatic rings. The largest absolute Gasteiger partial charge is 0.352 e. The Morgan fingerprint density at radius 3 is 2.26 bits per heavy atom. The number of carbonyl (C=O) groups excluding carboxylic acids is 2. The van der Waals surface area contributed by atoms with Gasteiger partial charge in [-0.1, -0.05) is 103 Å². The average molecular weight is 527 g/mol. The standard InChI is InChI=1S/C33H35ClN2O2/c1-3-24(2)35-33(38)31(22-25-10-5-4-6-11-25)36(23-26-16-19-29(34)20-17-26)32(37)21-18-28-14-9-13-27-12-7-8-15-30(27)28/h4-17,19-20,24,31H,3,18,21-23H2,1-2H3,(H,35,38)/t24-,31+/m0/s1. The molecule has 4 nitrogen and oxygen atoms in total. The molecule has 38 heavy (non-hydrogen) atoms. The Balaban J connectivity index is 1.64. The zero-order valence-electron chi connectivity index (χ0n) is 22.1. The van der Waals surface area contributed by atoms with E-state index in [1.54, 1.807) is 4.90 Å². The van der Waals surface area contributed by atoms with Gasteiger partial charge in [0.05, 0.1) is 0 Å². The fourth-order valence-corrected chi connectivity index (χ4v) is 4.80. The van der Waals surface area contributed by atoms with Crippen molar-refractivity contribution in [1.82, 2.24) is 10.2 Å². The lowest BCUT2D eigenvalue weighted by Gasteiger charge is -2.32. The van der Waals surface area contributed by atoms with Crippen molar-refractivity contribution in [3.8, 4) is 0 Å². The smallest absolute Gasteiger partial charge is 0.243 e. The molecular formula is C33H35ClN2O2. The maximum Gasteiger partial charge on any atom is 0.243 e. The molecule has 0 saturated carbocycles. The van der Waals surface area contributed by atoms with E-state index in [1.807, 2.05) is 86.6 Å². The molecule has 0 heterocycles. The van der Waals surface area contributed by atoms with Crippen LogP contribution in [0.15, 0.2) is 97.1 Å². The van der Waals surface area contributed by atoms with Crippen LogP contribution in [0.4, 0.5) is 0 Å². The minimum Gasteiger partial charge on any atom is -0.352 e. The molecule has 1 N–H and O–H groups in total. The summed E-state index contributed by atoms with van der Waals surface area (Å²) in [6, 6.07) is 31.2. The van der Waals surface area contributed by atoms with Gasteiger partial charge in [0, 0.05) is 30.5 Å². The van der Waals surface area contributed by atoms with Gasteiger partial charge in [-0.25, -0.2) is 0 Å². The van der Waals surface area contributed by atoms with E-state index in [9.17, 15) is 9.59 Å². The Kier molecular flexibility index (Phi) is 9.56. The number of nitrogens with one attached hydrogen (secondary N) is 1. The highest BCUT2D eigenvalue weighted by atomic mass is 35.5. The van der Waals surface area contributed by atoms with Gasteiger partial charge < -0.3 is 10.2 Å². The van der Waals surface area contributed by atoms with Crippen LogP contribution < -0.4 is 5.32 Å². The third-order valence-electron chi connectivity index (χ3n) is 7.03. The number of amides is 2. The Labute approximate surface area is 230 Å². The van der Waals surface area contributed by atoms with Crippen molar-refractivity contribution < 1.29 is 9.59 Å². The number of fused-ring (bicyclic) bond motifs is 1. The second-order valence-corrected chi connectivity index (χ2v) is 10.2. The number of carbonyl (C=O) groups is 2. The normalized spacial score (nSPS) is 12.6. The highest BCUT2D eigenvalue weighted by Crippen LogP contribution is 2.22. The van der Waals surface area contributed by atoms with Crippen LogP contribution in [0.25, 0.3) is 10.8 Å². The zero-order valence-corrected chi connectivity index (χ0v) is 22.8. The predicted octanol–water partition coefficient (Wildman–Crippen LogP) is 6.98. The lowest BCUT2D eigenvalue weighted by atomic mass is 9.99. The number of hydrogen-bond acceptors (Lipinski definition) is 2. The van der Waals surface area contributed by atoms with Crippen LogP contribution in [0.1, 0.15) is 43.4 Å². The van der Waals surface area contributed by atoms with E-state index in [0.717, 1.165) is 33.9 Å². The van der Waals surface area contributed by atoms with E-state index in [4.69, 9.17) is 11.6 Å². The van der Waals surface area contributed by atoms with Gasteiger partial charge in [-0.3, -0.25) is 9.59 Å². The SMILES string of the molecule is CC[C@H](C)NC(=O)[C@@H](Cc1ccccc1)N(Cc1ccc(Cl)cc1)C(=O)CCc1cccc2ccccc12. The van der Waals surface area contributed by atoms with Gasteiger partial charge in [0.15, 0.2) is 0 Å². The van der Waals surface area contributed by atoms with Crippen LogP contribution >= 0.6 is 11.6 Å². The molecule has 0 aliphatic heterocycles.